The van der Waals surface area contributed by atoms with Gasteiger partial charge in [0.1, 0.15) is 0 Å². The SMILES string of the molecule is COc1ccc(NC(=O)c2sccc2-c2ccc(C)cc2)cc1OC(F)F. The molecule has 0 saturated heterocycles. The molecule has 0 saturated carbocycles. The minimum Gasteiger partial charge on any atom is -0.493 e. The van der Waals surface area contributed by atoms with Crippen LogP contribution in [0, 0.1) is 6.92 Å². The Hall–Kier alpha value is -2.93. The summed E-state index contributed by atoms with van der Waals surface area (Å²) in [5.41, 5.74) is 3.21. The van der Waals surface area contributed by atoms with Crippen molar-refractivity contribution in [2.75, 3.05) is 12.4 Å². The van der Waals surface area contributed by atoms with Gasteiger partial charge < -0.3 is 14.8 Å². The van der Waals surface area contributed by atoms with Gasteiger partial charge in [-0.05, 0) is 36.1 Å². The van der Waals surface area contributed by atoms with Gasteiger partial charge in [0, 0.05) is 17.3 Å². The Balaban J connectivity index is 1.84. The maximum atomic E-state index is 12.7. The van der Waals surface area contributed by atoms with Gasteiger partial charge in [0.25, 0.3) is 5.91 Å². The smallest absolute Gasteiger partial charge is 0.387 e. The summed E-state index contributed by atoms with van der Waals surface area (Å²) in [5, 5.41) is 4.56. The number of alkyl halides is 2. The van der Waals surface area contributed by atoms with Gasteiger partial charge in [-0.1, -0.05) is 29.8 Å². The Morgan fingerprint density at radius 3 is 2.48 bits per heavy atom. The standard InChI is InChI=1S/C20H17F2NO3S/c1-12-3-5-13(6-4-12)15-9-10-27-18(15)19(24)23-14-7-8-16(25-2)17(11-14)26-20(21)22/h3-11,20H,1-2H3,(H,23,24). The molecular weight excluding hydrogens is 372 g/mol. The molecule has 0 radical (unpaired) electrons. The predicted octanol–water partition coefficient (Wildman–Crippen LogP) is 5.59. The lowest BCUT2D eigenvalue weighted by atomic mass is 10.0. The third-order valence-electron chi connectivity index (χ3n) is 3.87. The van der Waals surface area contributed by atoms with E-state index in [4.69, 9.17) is 4.74 Å². The molecular formula is C20H17F2NO3S. The van der Waals surface area contributed by atoms with Crippen LogP contribution in [-0.2, 0) is 0 Å². The number of aryl methyl sites for hydroxylation is 1. The Bertz CT molecular complexity index is 939. The lowest BCUT2D eigenvalue weighted by Crippen LogP contribution is -2.12. The van der Waals surface area contributed by atoms with Crippen LogP contribution in [0.2, 0.25) is 0 Å². The van der Waals surface area contributed by atoms with Crippen molar-refractivity contribution in [2.45, 2.75) is 13.5 Å². The van der Waals surface area contributed by atoms with Gasteiger partial charge in [0.05, 0.1) is 12.0 Å². The largest absolute Gasteiger partial charge is 0.493 e. The first-order chi connectivity index (χ1) is 13.0. The Morgan fingerprint density at radius 1 is 1.07 bits per heavy atom. The number of thiophene rings is 1. The van der Waals surface area contributed by atoms with Crippen molar-refractivity contribution in [1.29, 1.82) is 0 Å². The van der Waals surface area contributed by atoms with Crippen molar-refractivity contribution in [3.8, 4) is 22.6 Å². The first-order valence-corrected chi connectivity index (χ1v) is 8.94. The van der Waals surface area contributed by atoms with Crippen LogP contribution in [0.15, 0.2) is 53.9 Å². The summed E-state index contributed by atoms with van der Waals surface area (Å²) in [4.78, 5) is 13.2. The first-order valence-electron chi connectivity index (χ1n) is 8.06. The fraction of sp³-hybridized carbons (Fsp3) is 0.150. The Kier molecular flexibility index (Phi) is 5.71. The van der Waals surface area contributed by atoms with E-state index >= 15 is 0 Å². The van der Waals surface area contributed by atoms with Gasteiger partial charge in [-0.2, -0.15) is 8.78 Å². The van der Waals surface area contributed by atoms with E-state index in [1.54, 1.807) is 6.07 Å². The topological polar surface area (TPSA) is 47.6 Å². The molecule has 4 nitrogen and oxygen atoms in total. The van der Waals surface area contributed by atoms with Gasteiger partial charge in [0.15, 0.2) is 11.5 Å². The van der Waals surface area contributed by atoms with Gasteiger partial charge in [-0.3, -0.25) is 4.79 Å². The molecule has 7 heteroatoms. The van der Waals surface area contributed by atoms with Crippen LogP contribution in [0.3, 0.4) is 0 Å². The quantitative estimate of drug-likeness (QED) is 0.598. The molecule has 0 bridgehead atoms. The number of carbonyl (C=O) groups is 1. The Morgan fingerprint density at radius 2 is 1.81 bits per heavy atom. The van der Waals surface area contributed by atoms with Crippen LogP contribution in [0.1, 0.15) is 15.2 Å². The number of carbonyl (C=O) groups excluding carboxylic acids is 1. The zero-order valence-electron chi connectivity index (χ0n) is 14.7. The summed E-state index contributed by atoms with van der Waals surface area (Å²) < 4.78 is 34.6. The van der Waals surface area contributed by atoms with Crippen molar-refractivity contribution in [1.82, 2.24) is 0 Å². The molecule has 3 aromatic rings. The molecule has 0 spiro atoms. The number of hydrogen-bond acceptors (Lipinski definition) is 4. The van der Waals surface area contributed by atoms with E-state index in [2.05, 4.69) is 10.1 Å². The highest BCUT2D eigenvalue weighted by Crippen LogP contribution is 2.33. The summed E-state index contributed by atoms with van der Waals surface area (Å²) in [6.07, 6.45) is 0. The third-order valence-corrected chi connectivity index (χ3v) is 4.78. The van der Waals surface area contributed by atoms with E-state index in [9.17, 15) is 13.6 Å². The van der Waals surface area contributed by atoms with Gasteiger partial charge in [0.2, 0.25) is 0 Å². The number of ether oxygens (including phenoxy) is 2. The summed E-state index contributed by atoms with van der Waals surface area (Å²) in [5.74, 6) is -0.311. The predicted molar refractivity (Wildman–Crippen MR) is 102 cm³/mol. The highest BCUT2D eigenvalue weighted by Gasteiger charge is 2.17. The number of amides is 1. The number of benzene rings is 2. The van der Waals surface area contributed by atoms with E-state index < -0.39 is 6.61 Å². The lowest BCUT2D eigenvalue weighted by molar-refractivity contribution is -0.0511. The minimum absolute atomic E-state index is 0.143. The first kappa shape index (κ1) is 18.8. The number of nitrogens with one attached hydrogen (secondary N) is 1. The van der Waals surface area contributed by atoms with E-state index in [0.29, 0.717) is 10.6 Å². The number of hydrogen-bond donors (Lipinski definition) is 1. The van der Waals surface area contributed by atoms with Crippen molar-refractivity contribution in [3.63, 3.8) is 0 Å². The van der Waals surface area contributed by atoms with Gasteiger partial charge in [-0.15, -0.1) is 11.3 Å². The van der Waals surface area contributed by atoms with Crippen LogP contribution in [0.5, 0.6) is 11.5 Å². The van der Waals surface area contributed by atoms with Crippen molar-refractivity contribution < 1.29 is 23.0 Å². The molecule has 27 heavy (non-hydrogen) atoms. The van der Waals surface area contributed by atoms with Crippen molar-refractivity contribution in [2.24, 2.45) is 0 Å². The molecule has 3 rings (SSSR count). The second-order valence-corrected chi connectivity index (χ2v) is 6.64. The molecule has 2 aromatic carbocycles. The highest BCUT2D eigenvalue weighted by molar-refractivity contribution is 7.12. The van der Waals surface area contributed by atoms with Crippen LogP contribution >= 0.6 is 11.3 Å². The summed E-state index contributed by atoms with van der Waals surface area (Å²) in [6, 6.07) is 14.1. The van der Waals surface area contributed by atoms with E-state index in [-0.39, 0.29) is 17.4 Å². The molecule has 0 aliphatic heterocycles. The average molecular weight is 389 g/mol. The maximum Gasteiger partial charge on any atom is 0.387 e. The third kappa shape index (κ3) is 4.43. The summed E-state index contributed by atoms with van der Waals surface area (Å²) in [7, 11) is 1.35. The molecule has 1 N–H and O–H groups in total. The fourth-order valence-corrected chi connectivity index (χ4v) is 3.39. The molecule has 140 valence electrons. The molecule has 1 amide bonds. The molecule has 1 heterocycles. The van der Waals surface area contributed by atoms with Crippen LogP contribution in [-0.4, -0.2) is 19.6 Å². The average Bonchev–Trinajstić information content (AvgIpc) is 3.12. The van der Waals surface area contributed by atoms with Gasteiger partial charge in [-0.25, -0.2) is 0 Å². The van der Waals surface area contributed by atoms with Gasteiger partial charge >= 0.3 is 6.61 Å². The summed E-state index contributed by atoms with van der Waals surface area (Å²) in [6.45, 7) is -0.997. The van der Waals surface area contributed by atoms with E-state index in [0.717, 1.165) is 16.7 Å². The van der Waals surface area contributed by atoms with Crippen molar-refractivity contribution in [3.05, 3.63) is 64.4 Å². The molecule has 0 aliphatic carbocycles. The number of methoxy groups -OCH3 is 1. The molecule has 0 aliphatic rings. The lowest BCUT2D eigenvalue weighted by Gasteiger charge is -2.12. The zero-order chi connectivity index (χ0) is 19.4. The Labute approximate surface area is 159 Å². The van der Waals surface area contributed by atoms with Crippen LogP contribution in [0.4, 0.5) is 14.5 Å². The summed E-state index contributed by atoms with van der Waals surface area (Å²) >= 11 is 1.31. The second kappa shape index (κ2) is 8.18. The number of halogens is 2. The molecule has 1 aromatic heterocycles. The highest BCUT2D eigenvalue weighted by atomic mass is 32.1. The fourth-order valence-electron chi connectivity index (χ4n) is 2.58. The van der Waals surface area contributed by atoms with Crippen LogP contribution in [0.25, 0.3) is 11.1 Å². The zero-order valence-corrected chi connectivity index (χ0v) is 15.5. The van der Waals surface area contributed by atoms with E-state index in [1.165, 1.54) is 30.6 Å². The maximum absolute atomic E-state index is 12.7. The van der Waals surface area contributed by atoms with Crippen molar-refractivity contribution >= 4 is 22.9 Å². The molecule has 0 fully saturated rings. The van der Waals surface area contributed by atoms with Crippen LogP contribution < -0.4 is 14.8 Å². The number of anilines is 1. The second-order valence-electron chi connectivity index (χ2n) is 5.73. The normalized spacial score (nSPS) is 10.7. The number of rotatable bonds is 6. The monoisotopic (exact) mass is 389 g/mol. The molecule has 0 unspecified atom stereocenters. The minimum atomic E-state index is -2.99. The van der Waals surface area contributed by atoms with E-state index in [1.807, 2.05) is 42.6 Å². The molecule has 0 atom stereocenters.